The number of carbonyl (C=O) groups is 1. The number of phenolic OH excluding ortho intramolecular Hbond substituents is 1. The third-order valence-electron chi connectivity index (χ3n) is 5.00. The highest BCUT2D eigenvalue weighted by Crippen LogP contribution is 2.43. The number of benzene rings is 1. The third-order valence-corrected chi connectivity index (χ3v) is 6.29. The minimum absolute atomic E-state index is 0.192. The van der Waals surface area contributed by atoms with Gasteiger partial charge in [0.25, 0.3) is 4.99 Å². The van der Waals surface area contributed by atoms with Gasteiger partial charge in [-0.05, 0) is 59.7 Å². The van der Waals surface area contributed by atoms with Crippen LogP contribution in [0.25, 0.3) is 0 Å². The molecule has 1 N–H and O–H groups in total. The summed E-state index contributed by atoms with van der Waals surface area (Å²) in [5.74, 6) is 1.13. The second-order valence-electron chi connectivity index (χ2n) is 6.78. The molecule has 26 heavy (non-hydrogen) atoms. The van der Waals surface area contributed by atoms with Crippen LogP contribution in [0.4, 0.5) is 0 Å². The van der Waals surface area contributed by atoms with Crippen LogP contribution in [0.15, 0.2) is 44.9 Å². The van der Waals surface area contributed by atoms with E-state index >= 15 is 0 Å². The molecular weight excluding hydrogens is 350 g/mol. The Labute approximate surface area is 158 Å². The lowest BCUT2D eigenvalue weighted by Gasteiger charge is -2.31. The Hall–Kier alpha value is -1.96. The van der Waals surface area contributed by atoms with Gasteiger partial charge in [-0.15, -0.1) is 22.0 Å². The van der Waals surface area contributed by atoms with Gasteiger partial charge in [-0.1, -0.05) is 19.3 Å². The van der Waals surface area contributed by atoms with Crippen LogP contribution in [-0.2, 0) is 9.79 Å². The second-order valence-corrected chi connectivity index (χ2v) is 8.05. The minimum atomic E-state index is -0.897. The van der Waals surface area contributed by atoms with Gasteiger partial charge in [0.1, 0.15) is 5.75 Å². The molecule has 0 unspecified atom stereocenters. The summed E-state index contributed by atoms with van der Waals surface area (Å²) in [7, 11) is 1.93. The van der Waals surface area contributed by atoms with Crippen LogP contribution in [0, 0.1) is 0 Å². The lowest BCUT2D eigenvalue weighted by molar-refractivity contribution is -0.132. The maximum Gasteiger partial charge on any atom is 0.265 e. The lowest BCUT2D eigenvalue weighted by atomic mass is 9.94. The molecule has 0 spiro atoms. The molecule has 0 bridgehead atoms. The zero-order valence-corrected chi connectivity index (χ0v) is 15.9. The molecule has 2 aliphatic rings. The van der Waals surface area contributed by atoms with E-state index in [1.165, 1.54) is 31.0 Å². The zero-order valence-electron chi connectivity index (χ0n) is 15.0. The summed E-state index contributed by atoms with van der Waals surface area (Å²) in [5, 5.41) is 25.1. The van der Waals surface area contributed by atoms with Crippen molar-refractivity contribution in [3.8, 4) is 5.75 Å². The van der Waals surface area contributed by atoms with E-state index in [9.17, 15) is 9.90 Å². The average Bonchev–Trinajstić information content (AvgIpc) is 3.15. The van der Waals surface area contributed by atoms with Crippen LogP contribution in [-0.4, -0.2) is 34.8 Å². The highest BCUT2D eigenvalue weighted by molar-refractivity contribution is 8.00. The van der Waals surface area contributed by atoms with Crippen LogP contribution in [0.1, 0.15) is 50.5 Å². The van der Waals surface area contributed by atoms with Crippen molar-refractivity contribution in [1.82, 2.24) is 4.90 Å². The number of hydrogen-bond donors (Lipinski definition) is 1. The minimum Gasteiger partial charge on any atom is -0.508 e. The molecule has 1 fully saturated rings. The Bertz CT molecular complexity index is 659. The van der Waals surface area contributed by atoms with Gasteiger partial charge >= 0.3 is 0 Å². The van der Waals surface area contributed by atoms with Crippen LogP contribution in [0.2, 0.25) is 0 Å². The predicted octanol–water partition coefficient (Wildman–Crippen LogP) is 4.64. The summed E-state index contributed by atoms with van der Waals surface area (Å²) >= 11 is 1.51. The normalized spacial score (nSPS) is 19.0. The number of amides is 1. The first-order valence-corrected chi connectivity index (χ1v) is 10.1. The lowest BCUT2D eigenvalue weighted by Crippen LogP contribution is -2.38. The van der Waals surface area contributed by atoms with Crippen LogP contribution in [0.3, 0.4) is 0 Å². The first kappa shape index (κ1) is 18.8. The molecule has 8 heteroatoms. The van der Waals surface area contributed by atoms with Crippen molar-refractivity contribution in [1.29, 1.82) is 0 Å². The maximum atomic E-state index is 12.4. The fraction of sp³-hybridized carbons (Fsp3) is 0.611. The summed E-state index contributed by atoms with van der Waals surface area (Å²) < 4.78 is 0. The summed E-state index contributed by atoms with van der Waals surface area (Å²) in [6, 6.07) is 7.15. The topological polar surface area (TPSA) is 90.0 Å². The molecule has 1 aromatic rings. The van der Waals surface area contributed by atoms with Crippen molar-refractivity contribution in [2.75, 3.05) is 12.8 Å². The zero-order chi connectivity index (χ0) is 18.4. The molecule has 0 atom stereocenters. The second kappa shape index (κ2) is 8.62. The first-order chi connectivity index (χ1) is 12.6. The van der Waals surface area contributed by atoms with E-state index in [0.717, 1.165) is 30.6 Å². The number of nitrogens with zero attached hydrogens (tertiary/aromatic N) is 5. The summed E-state index contributed by atoms with van der Waals surface area (Å²) in [5.41, 5.74) is 0.816. The summed E-state index contributed by atoms with van der Waals surface area (Å²) in [6.45, 7) is 0. The molecule has 0 radical (unpaired) electrons. The smallest absolute Gasteiger partial charge is 0.265 e. The van der Waals surface area contributed by atoms with E-state index in [-0.39, 0.29) is 11.7 Å². The molecule has 1 amide bonds. The van der Waals surface area contributed by atoms with E-state index < -0.39 is 4.99 Å². The quantitative estimate of drug-likeness (QED) is 0.704. The van der Waals surface area contributed by atoms with Crippen LogP contribution in [0.5, 0.6) is 5.75 Å². The van der Waals surface area contributed by atoms with Gasteiger partial charge in [0.15, 0.2) is 0 Å². The Morgan fingerprint density at radius 1 is 1.19 bits per heavy atom. The summed E-state index contributed by atoms with van der Waals surface area (Å²) in [4.78, 5) is 13.5. The van der Waals surface area contributed by atoms with E-state index in [0.29, 0.717) is 12.5 Å². The Balaban J connectivity index is 1.50. The number of thioether (sulfide) groups is 1. The third kappa shape index (κ3) is 4.41. The average molecular weight is 375 g/mol. The molecule has 140 valence electrons. The molecule has 3 rings (SSSR count). The van der Waals surface area contributed by atoms with E-state index in [2.05, 4.69) is 20.7 Å². The molecule has 1 aliphatic heterocycles. The summed E-state index contributed by atoms with van der Waals surface area (Å²) in [6.07, 6.45) is 7.28. The van der Waals surface area contributed by atoms with Gasteiger partial charge in [0.2, 0.25) is 5.91 Å². The van der Waals surface area contributed by atoms with Crippen molar-refractivity contribution < 1.29 is 9.90 Å². The highest BCUT2D eigenvalue weighted by Gasteiger charge is 2.36. The van der Waals surface area contributed by atoms with Crippen LogP contribution < -0.4 is 0 Å². The van der Waals surface area contributed by atoms with Gasteiger partial charge in [-0.25, -0.2) is 0 Å². The molecule has 1 aromatic carbocycles. The van der Waals surface area contributed by atoms with Crippen molar-refractivity contribution in [2.45, 2.75) is 56.0 Å². The van der Waals surface area contributed by atoms with Crippen molar-refractivity contribution in [3.63, 3.8) is 0 Å². The molecule has 0 aromatic heterocycles. The number of aromatic hydroxyl groups is 1. The Morgan fingerprint density at radius 2 is 1.85 bits per heavy atom. The van der Waals surface area contributed by atoms with E-state index in [1.54, 1.807) is 24.3 Å². The SMILES string of the molecule is CN(C(=O)CCCSC1(c2ccc(O)cc2)N=NN=N1)C1CCCCC1. The number of carbonyl (C=O) groups excluding carboxylic acids is 1. The molecular formula is C18H25N5O2S. The predicted molar refractivity (Wildman–Crippen MR) is 101 cm³/mol. The largest absolute Gasteiger partial charge is 0.508 e. The molecule has 1 saturated carbocycles. The van der Waals surface area contributed by atoms with Gasteiger partial charge < -0.3 is 10.0 Å². The van der Waals surface area contributed by atoms with E-state index in [4.69, 9.17) is 0 Å². The number of rotatable bonds is 7. The van der Waals surface area contributed by atoms with Crippen LogP contribution >= 0.6 is 11.8 Å². The van der Waals surface area contributed by atoms with Crippen molar-refractivity contribution >= 4 is 17.7 Å². The van der Waals surface area contributed by atoms with Crippen molar-refractivity contribution in [2.24, 2.45) is 20.7 Å². The maximum absolute atomic E-state index is 12.4. The number of phenols is 1. The van der Waals surface area contributed by atoms with Gasteiger partial charge in [-0.3, -0.25) is 4.79 Å². The Morgan fingerprint density at radius 3 is 2.50 bits per heavy atom. The van der Waals surface area contributed by atoms with E-state index in [1.807, 2.05) is 11.9 Å². The van der Waals surface area contributed by atoms with Crippen molar-refractivity contribution in [3.05, 3.63) is 29.8 Å². The molecule has 1 aliphatic carbocycles. The monoisotopic (exact) mass is 375 g/mol. The highest BCUT2D eigenvalue weighted by atomic mass is 32.2. The molecule has 7 nitrogen and oxygen atoms in total. The first-order valence-electron chi connectivity index (χ1n) is 9.14. The van der Waals surface area contributed by atoms with Gasteiger partial charge in [0, 0.05) is 25.1 Å². The molecule has 0 saturated heterocycles. The van der Waals surface area contributed by atoms with Gasteiger partial charge in [0.05, 0.1) is 0 Å². The Kier molecular flexibility index (Phi) is 6.24. The number of hydrogen-bond acceptors (Lipinski definition) is 7. The fourth-order valence-electron chi connectivity index (χ4n) is 3.40. The molecule has 1 heterocycles. The van der Waals surface area contributed by atoms with Gasteiger partial charge in [-0.2, -0.15) is 0 Å². The standard InChI is InChI=1S/C18H25N5O2S/c1-23(15-6-3-2-4-7-15)17(25)8-5-13-26-18(19-21-22-20-18)14-9-11-16(24)12-10-14/h9-12,15,24H,2-8,13H2,1H3. The fourth-order valence-corrected chi connectivity index (χ4v) is 4.47.